The van der Waals surface area contributed by atoms with E-state index in [1.54, 1.807) is 25.1 Å². The summed E-state index contributed by atoms with van der Waals surface area (Å²) in [7, 11) is 0. The van der Waals surface area contributed by atoms with Crippen molar-refractivity contribution in [2.45, 2.75) is 38.6 Å². The predicted octanol–water partition coefficient (Wildman–Crippen LogP) is 1.95. The van der Waals surface area contributed by atoms with E-state index in [0.29, 0.717) is 23.6 Å². The Balaban J connectivity index is 1.92. The van der Waals surface area contributed by atoms with Crippen LogP contribution in [0.15, 0.2) is 18.2 Å². The van der Waals surface area contributed by atoms with Crippen molar-refractivity contribution in [3.63, 3.8) is 0 Å². The first kappa shape index (κ1) is 13.9. The van der Waals surface area contributed by atoms with Gasteiger partial charge in [-0.2, -0.15) is 0 Å². The van der Waals surface area contributed by atoms with Gasteiger partial charge in [0.25, 0.3) is 5.91 Å². The number of phenolic OH excluding ortho intramolecular Hbond substituents is 1. The van der Waals surface area contributed by atoms with Crippen LogP contribution >= 0.6 is 0 Å². The third-order valence-electron chi connectivity index (χ3n) is 3.86. The second-order valence-corrected chi connectivity index (χ2v) is 5.47. The standard InChI is InChI=1S/C15H22N2O2/c1-10-4-2-7-13(14(10)18)15(19)17-9-11-5-3-6-12(16)8-11/h2,4,7,11-12,18H,3,5-6,8-9,16H2,1H3,(H,17,19). The van der Waals surface area contributed by atoms with E-state index in [-0.39, 0.29) is 17.7 Å². The fourth-order valence-corrected chi connectivity index (χ4v) is 2.69. The van der Waals surface area contributed by atoms with E-state index in [1.807, 2.05) is 0 Å². The Morgan fingerprint density at radius 1 is 1.47 bits per heavy atom. The molecule has 0 radical (unpaired) electrons. The van der Waals surface area contributed by atoms with Gasteiger partial charge < -0.3 is 16.2 Å². The molecule has 0 aliphatic heterocycles. The van der Waals surface area contributed by atoms with Gasteiger partial charge in [-0.15, -0.1) is 0 Å². The van der Waals surface area contributed by atoms with E-state index < -0.39 is 0 Å². The quantitative estimate of drug-likeness (QED) is 0.779. The van der Waals surface area contributed by atoms with Crippen molar-refractivity contribution < 1.29 is 9.90 Å². The monoisotopic (exact) mass is 262 g/mol. The molecule has 4 heteroatoms. The Hall–Kier alpha value is -1.55. The smallest absolute Gasteiger partial charge is 0.255 e. The zero-order valence-electron chi connectivity index (χ0n) is 11.4. The number of carbonyl (C=O) groups excluding carboxylic acids is 1. The van der Waals surface area contributed by atoms with Gasteiger partial charge in [-0.25, -0.2) is 0 Å². The molecule has 0 heterocycles. The second-order valence-electron chi connectivity index (χ2n) is 5.47. The molecule has 2 atom stereocenters. The summed E-state index contributed by atoms with van der Waals surface area (Å²) in [6.07, 6.45) is 4.31. The maximum atomic E-state index is 12.0. The first-order valence-electron chi connectivity index (χ1n) is 6.90. The number of amides is 1. The molecule has 4 N–H and O–H groups in total. The molecule has 1 aliphatic rings. The minimum Gasteiger partial charge on any atom is -0.507 e. The van der Waals surface area contributed by atoms with Crippen molar-refractivity contribution in [2.24, 2.45) is 11.7 Å². The minimum atomic E-state index is -0.208. The number of benzene rings is 1. The van der Waals surface area contributed by atoms with E-state index >= 15 is 0 Å². The fraction of sp³-hybridized carbons (Fsp3) is 0.533. The molecule has 1 saturated carbocycles. The van der Waals surface area contributed by atoms with Crippen LogP contribution < -0.4 is 11.1 Å². The molecule has 1 aromatic rings. The van der Waals surface area contributed by atoms with Crippen molar-refractivity contribution >= 4 is 5.91 Å². The third-order valence-corrected chi connectivity index (χ3v) is 3.86. The van der Waals surface area contributed by atoms with Gasteiger partial charge >= 0.3 is 0 Å². The third kappa shape index (κ3) is 3.47. The van der Waals surface area contributed by atoms with Crippen molar-refractivity contribution in [3.8, 4) is 5.75 Å². The maximum absolute atomic E-state index is 12.0. The van der Waals surface area contributed by atoms with Crippen molar-refractivity contribution in [2.75, 3.05) is 6.54 Å². The van der Waals surface area contributed by atoms with Crippen molar-refractivity contribution in [1.82, 2.24) is 5.32 Å². The van der Waals surface area contributed by atoms with Crippen LogP contribution in [0.25, 0.3) is 0 Å². The summed E-state index contributed by atoms with van der Waals surface area (Å²) in [6, 6.07) is 5.47. The number of aromatic hydroxyl groups is 1. The molecule has 1 aromatic carbocycles. The van der Waals surface area contributed by atoms with E-state index in [9.17, 15) is 9.90 Å². The lowest BCUT2D eigenvalue weighted by molar-refractivity contribution is 0.0939. The highest BCUT2D eigenvalue weighted by Gasteiger charge is 2.20. The van der Waals surface area contributed by atoms with Gasteiger partial charge in [0.05, 0.1) is 5.56 Å². The van der Waals surface area contributed by atoms with Gasteiger partial charge in [0.15, 0.2) is 0 Å². The normalized spacial score (nSPS) is 23.1. The molecule has 0 aromatic heterocycles. The molecule has 104 valence electrons. The van der Waals surface area contributed by atoms with Crippen LogP contribution in [0.4, 0.5) is 0 Å². The average molecular weight is 262 g/mol. The summed E-state index contributed by atoms with van der Waals surface area (Å²) in [4.78, 5) is 12.0. The first-order valence-corrected chi connectivity index (χ1v) is 6.90. The fourth-order valence-electron chi connectivity index (χ4n) is 2.69. The molecule has 1 amide bonds. The molecule has 4 nitrogen and oxygen atoms in total. The lowest BCUT2D eigenvalue weighted by Gasteiger charge is -2.26. The largest absolute Gasteiger partial charge is 0.507 e. The van der Waals surface area contributed by atoms with Crippen LogP contribution in [0.3, 0.4) is 0 Å². The molecule has 1 aliphatic carbocycles. The van der Waals surface area contributed by atoms with E-state index in [0.717, 1.165) is 25.7 Å². The van der Waals surface area contributed by atoms with Gasteiger partial charge in [-0.1, -0.05) is 18.6 Å². The Bertz CT molecular complexity index is 459. The lowest BCUT2D eigenvalue weighted by atomic mass is 9.86. The van der Waals surface area contributed by atoms with Gasteiger partial charge in [-0.05, 0) is 43.7 Å². The second kappa shape index (κ2) is 6.06. The van der Waals surface area contributed by atoms with E-state index in [4.69, 9.17) is 5.73 Å². The highest BCUT2D eigenvalue weighted by Crippen LogP contribution is 2.24. The molecule has 0 saturated heterocycles. The van der Waals surface area contributed by atoms with Gasteiger partial charge in [-0.3, -0.25) is 4.79 Å². The highest BCUT2D eigenvalue weighted by atomic mass is 16.3. The Kier molecular flexibility index (Phi) is 4.43. The highest BCUT2D eigenvalue weighted by molar-refractivity contribution is 5.97. The van der Waals surface area contributed by atoms with Crippen LogP contribution in [0, 0.1) is 12.8 Å². The molecule has 19 heavy (non-hydrogen) atoms. The Labute approximate surface area is 114 Å². The summed E-state index contributed by atoms with van der Waals surface area (Å²) in [5.74, 6) is 0.320. The van der Waals surface area contributed by atoms with Crippen LogP contribution in [-0.4, -0.2) is 23.6 Å². The minimum absolute atomic E-state index is 0.0698. The summed E-state index contributed by atoms with van der Waals surface area (Å²) in [5, 5.41) is 12.8. The van der Waals surface area contributed by atoms with E-state index in [2.05, 4.69) is 5.32 Å². The van der Waals surface area contributed by atoms with Gasteiger partial charge in [0, 0.05) is 12.6 Å². The topological polar surface area (TPSA) is 75.4 Å². The number of nitrogens with one attached hydrogen (secondary N) is 1. The summed E-state index contributed by atoms with van der Waals surface area (Å²) in [5.41, 5.74) is 7.00. The zero-order chi connectivity index (χ0) is 13.8. The average Bonchev–Trinajstić information content (AvgIpc) is 2.39. The summed E-state index contributed by atoms with van der Waals surface area (Å²) >= 11 is 0. The number of nitrogens with two attached hydrogens (primary N) is 1. The maximum Gasteiger partial charge on any atom is 0.255 e. The molecule has 0 spiro atoms. The number of hydrogen-bond acceptors (Lipinski definition) is 3. The Morgan fingerprint density at radius 3 is 3.00 bits per heavy atom. The van der Waals surface area contributed by atoms with Crippen LogP contribution in [-0.2, 0) is 0 Å². The molecule has 1 fully saturated rings. The molecule has 0 bridgehead atoms. The predicted molar refractivity (Wildman–Crippen MR) is 75.1 cm³/mol. The number of rotatable bonds is 3. The summed E-state index contributed by atoms with van der Waals surface area (Å²) < 4.78 is 0. The number of para-hydroxylation sites is 1. The number of hydrogen-bond donors (Lipinski definition) is 3. The number of phenols is 1. The van der Waals surface area contributed by atoms with Crippen molar-refractivity contribution in [1.29, 1.82) is 0 Å². The van der Waals surface area contributed by atoms with Crippen LogP contribution in [0.2, 0.25) is 0 Å². The van der Waals surface area contributed by atoms with Crippen LogP contribution in [0.1, 0.15) is 41.6 Å². The first-order chi connectivity index (χ1) is 9.08. The van der Waals surface area contributed by atoms with Crippen LogP contribution in [0.5, 0.6) is 5.75 Å². The number of aryl methyl sites for hydroxylation is 1. The molecular weight excluding hydrogens is 240 g/mol. The van der Waals surface area contributed by atoms with Gasteiger partial charge in [0.1, 0.15) is 5.75 Å². The molecule has 2 rings (SSSR count). The Morgan fingerprint density at radius 2 is 2.26 bits per heavy atom. The van der Waals surface area contributed by atoms with Crippen molar-refractivity contribution in [3.05, 3.63) is 29.3 Å². The SMILES string of the molecule is Cc1cccc(C(=O)NCC2CCCC(N)C2)c1O. The van der Waals surface area contributed by atoms with E-state index in [1.165, 1.54) is 0 Å². The molecular formula is C15H22N2O2. The summed E-state index contributed by atoms with van der Waals surface area (Å²) in [6.45, 7) is 2.42. The lowest BCUT2D eigenvalue weighted by Crippen LogP contribution is -2.35. The zero-order valence-corrected chi connectivity index (χ0v) is 11.4. The number of carbonyl (C=O) groups is 1. The van der Waals surface area contributed by atoms with Gasteiger partial charge in [0.2, 0.25) is 0 Å². The molecule has 2 unspecified atom stereocenters.